The van der Waals surface area contributed by atoms with Gasteiger partial charge in [-0.2, -0.15) is 5.10 Å². The first-order chi connectivity index (χ1) is 8.20. The van der Waals surface area contributed by atoms with Crippen LogP contribution in [0.15, 0.2) is 24.4 Å². The van der Waals surface area contributed by atoms with E-state index in [1.165, 1.54) is 0 Å². The number of hydrogen-bond donors (Lipinski definition) is 2. The highest BCUT2D eigenvalue weighted by atomic mass is 35.5. The SMILES string of the molecule is COc1cc(Cl)c(C)cc1NCc1ccn[nH]1. The molecule has 0 saturated heterocycles. The second-order valence-corrected chi connectivity index (χ2v) is 4.14. The molecule has 0 bridgehead atoms. The monoisotopic (exact) mass is 251 g/mol. The molecule has 2 N–H and O–H groups in total. The van der Waals surface area contributed by atoms with Crippen molar-refractivity contribution in [2.24, 2.45) is 0 Å². The molecule has 0 unspecified atom stereocenters. The van der Waals surface area contributed by atoms with Gasteiger partial charge in [-0.25, -0.2) is 0 Å². The number of methoxy groups -OCH3 is 1. The normalized spacial score (nSPS) is 10.3. The van der Waals surface area contributed by atoms with Gasteiger partial charge in [0.25, 0.3) is 0 Å². The average Bonchev–Trinajstić information content (AvgIpc) is 2.83. The van der Waals surface area contributed by atoms with Crippen molar-refractivity contribution in [3.8, 4) is 5.75 Å². The Hall–Kier alpha value is -1.68. The minimum atomic E-state index is 0.664. The number of halogens is 1. The predicted octanol–water partition coefficient (Wildman–Crippen LogP) is 2.99. The number of nitrogens with zero attached hydrogens (tertiary/aromatic N) is 1. The van der Waals surface area contributed by atoms with Crippen LogP contribution in [-0.2, 0) is 6.54 Å². The van der Waals surface area contributed by atoms with Crippen LogP contribution < -0.4 is 10.1 Å². The summed E-state index contributed by atoms with van der Waals surface area (Å²) in [6, 6.07) is 5.70. The van der Waals surface area contributed by atoms with Crippen LogP contribution in [0.1, 0.15) is 11.3 Å². The molecule has 90 valence electrons. The fraction of sp³-hybridized carbons (Fsp3) is 0.250. The van der Waals surface area contributed by atoms with E-state index in [0.29, 0.717) is 11.6 Å². The Morgan fingerprint density at radius 3 is 2.94 bits per heavy atom. The number of rotatable bonds is 4. The minimum Gasteiger partial charge on any atom is -0.495 e. The van der Waals surface area contributed by atoms with E-state index in [-0.39, 0.29) is 0 Å². The van der Waals surface area contributed by atoms with Gasteiger partial charge in [0.05, 0.1) is 25.0 Å². The Bertz CT molecular complexity index is 497. The topological polar surface area (TPSA) is 49.9 Å². The molecular formula is C12H14ClN3O. The summed E-state index contributed by atoms with van der Waals surface area (Å²) >= 11 is 6.04. The smallest absolute Gasteiger partial charge is 0.143 e. The molecule has 0 amide bonds. The first kappa shape index (κ1) is 11.8. The molecule has 0 aliphatic rings. The van der Waals surface area contributed by atoms with Crippen LogP contribution >= 0.6 is 11.6 Å². The van der Waals surface area contributed by atoms with Crippen molar-refractivity contribution >= 4 is 17.3 Å². The van der Waals surface area contributed by atoms with Crippen molar-refractivity contribution in [3.05, 3.63) is 40.7 Å². The van der Waals surface area contributed by atoms with Gasteiger partial charge < -0.3 is 10.1 Å². The molecule has 1 aromatic heterocycles. The summed E-state index contributed by atoms with van der Waals surface area (Å²) in [6.07, 6.45) is 1.72. The molecule has 0 aliphatic heterocycles. The Kier molecular flexibility index (Phi) is 3.54. The summed E-state index contributed by atoms with van der Waals surface area (Å²) < 4.78 is 5.28. The molecule has 17 heavy (non-hydrogen) atoms. The van der Waals surface area contributed by atoms with Crippen LogP contribution in [0.3, 0.4) is 0 Å². The molecule has 0 spiro atoms. The minimum absolute atomic E-state index is 0.664. The van der Waals surface area contributed by atoms with E-state index in [1.54, 1.807) is 13.3 Å². The molecule has 0 fully saturated rings. The van der Waals surface area contributed by atoms with Gasteiger partial charge in [0, 0.05) is 17.3 Å². The van der Waals surface area contributed by atoms with Gasteiger partial charge in [-0.15, -0.1) is 0 Å². The molecule has 1 aromatic carbocycles. The zero-order valence-corrected chi connectivity index (χ0v) is 10.5. The first-order valence-corrected chi connectivity index (χ1v) is 5.64. The molecular weight excluding hydrogens is 238 g/mol. The van der Waals surface area contributed by atoms with Crippen LogP contribution in [0.5, 0.6) is 5.75 Å². The molecule has 5 heteroatoms. The van der Waals surface area contributed by atoms with Crippen LogP contribution in [0.25, 0.3) is 0 Å². The second kappa shape index (κ2) is 5.10. The quantitative estimate of drug-likeness (QED) is 0.878. The highest BCUT2D eigenvalue weighted by molar-refractivity contribution is 6.31. The van der Waals surface area contributed by atoms with Crippen molar-refractivity contribution in [2.45, 2.75) is 13.5 Å². The zero-order chi connectivity index (χ0) is 12.3. The van der Waals surface area contributed by atoms with Crippen molar-refractivity contribution in [3.63, 3.8) is 0 Å². The predicted molar refractivity (Wildman–Crippen MR) is 68.7 cm³/mol. The summed E-state index contributed by atoms with van der Waals surface area (Å²) in [5, 5.41) is 10.8. The van der Waals surface area contributed by atoms with E-state index in [0.717, 1.165) is 22.7 Å². The van der Waals surface area contributed by atoms with Crippen molar-refractivity contribution < 1.29 is 4.74 Å². The lowest BCUT2D eigenvalue weighted by atomic mass is 10.2. The number of H-pyrrole nitrogens is 1. The number of benzene rings is 1. The lowest BCUT2D eigenvalue weighted by Crippen LogP contribution is -2.02. The zero-order valence-electron chi connectivity index (χ0n) is 9.75. The first-order valence-electron chi connectivity index (χ1n) is 5.27. The number of aromatic nitrogens is 2. The van der Waals surface area contributed by atoms with Crippen molar-refractivity contribution in [1.82, 2.24) is 10.2 Å². The number of aryl methyl sites for hydroxylation is 1. The highest BCUT2D eigenvalue weighted by Gasteiger charge is 2.06. The number of ether oxygens (including phenoxy) is 1. The maximum absolute atomic E-state index is 6.04. The Morgan fingerprint density at radius 1 is 1.47 bits per heavy atom. The molecule has 0 atom stereocenters. The third-order valence-corrected chi connectivity index (χ3v) is 2.92. The average molecular weight is 252 g/mol. The van der Waals surface area contributed by atoms with Crippen LogP contribution in [0.2, 0.25) is 5.02 Å². The molecule has 4 nitrogen and oxygen atoms in total. The molecule has 1 heterocycles. The summed E-state index contributed by atoms with van der Waals surface area (Å²) in [5.41, 5.74) is 2.95. The lowest BCUT2D eigenvalue weighted by Gasteiger charge is -2.12. The summed E-state index contributed by atoms with van der Waals surface area (Å²) in [7, 11) is 1.63. The Balaban J connectivity index is 2.17. The van der Waals surface area contributed by atoms with Crippen molar-refractivity contribution in [2.75, 3.05) is 12.4 Å². The summed E-state index contributed by atoms with van der Waals surface area (Å²) in [5.74, 6) is 0.736. The van der Waals surface area contributed by atoms with Gasteiger partial charge >= 0.3 is 0 Å². The molecule has 2 aromatic rings. The Labute approximate surface area is 105 Å². The largest absolute Gasteiger partial charge is 0.495 e. The second-order valence-electron chi connectivity index (χ2n) is 3.74. The maximum Gasteiger partial charge on any atom is 0.143 e. The Morgan fingerprint density at radius 2 is 2.29 bits per heavy atom. The highest BCUT2D eigenvalue weighted by Crippen LogP contribution is 2.31. The number of nitrogens with one attached hydrogen (secondary N) is 2. The fourth-order valence-electron chi connectivity index (χ4n) is 1.54. The number of anilines is 1. The van der Waals surface area contributed by atoms with Gasteiger partial charge in [-0.05, 0) is 24.6 Å². The third-order valence-electron chi connectivity index (χ3n) is 2.51. The van der Waals surface area contributed by atoms with Gasteiger partial charge in [-0.3, -0.25) is 5.10 Å². The van der Waals surface area contributed by atoms with Gasteiger partial charge in [-0.1, -0.05) is 11.6 Å². The van der Waals surface area contributed by atoms with E-state index in [1.807, 2.05) is 25.1 Å². The number of aromatic amines is 1. The lowest BCUT2D eigenvalue weighted by molar-refractivity contribution is 0.416. The van der Waals surface area contributed by atoms with E-state index in [9.17, 15) is 0 Å². The van der Waals surface area contributed by atoms with Crippen LogP contribution in [0, 0.1) is 6.92 Å². The van der Waals surface area contributed by atoms with Crippen LogP contribution in [0.4, 0.5) is 5.69 Å². The molecule has 0 radical (unpaired) electrons. The van der Waals surface area contributed by atoms with Gasteiger partial charge in [0.15, 0.2) is 0 Å². The van der Waals surface area contributed by atoms with E-state index >= 15 is 0 Å². The van der Waals surface area contributed by atoms with E-state index in [4.69, 9.17) is 16.3 Å². The summed E-state index contributed by atoms with van der Waals surface area (Å²) in [6.45, 7) is 2.63. The van der Waals surface area contributed by atoms with Gasteiger partial charge in [0.2, 0.25) is 0 Å². The molecule has 0 aliphatic carbocycles. The molecule has 2 rings (SSSR count). The third kappa shape index (κ3) is 2.71. The summed E-state index contributed by atoms with van der Waals surface area (Å²) in [4.78, 5) is 0. The molecule has 0 saturated carbocycles. The maximum atomic E-state index is 6.04. The van der Waals surface area contributed by atoms with Crippen LogP contribution in [-0.4, -0.2) is 17.3 Å². The fourth-order valence-corrected chi connectivity index (χ4v) is 1.70. The van der Waals surface area contributed by atoms with E-state index < -0.39 is 0 Å². The number of hydrogen-bond acceptors (Lipinski definition) is 3. The standard InChI is InChI=1S/C12H14ClN3O/c1-8-5-11(12(17-2)6-10(8)13)14-7-9-3-4-15-16-9/h3-6,14H,7H2,1-2H3,(H,15,16). The van der Waals surface area contributed by atoms with Crippen molar-refractivity contribution in [1.29, 1.82) is 0 Å². The van der Waals surface area contributed by atoms with Gasteiger partial charge in [0.1, 0.15) is 5.75 Å². The van der Waals surface area contributed by atoms with E-state index in [2.05, 4.69) is 15.5 Å².